The molecule has 144 valence electrons. The molecule has 0 fully saturated rings. The molecule has 0 saturated carbocycles. The third-order valence-electron chi connectivity index (χ3n) is 3.97. The Labute approximate surface area is 157 Å². The van der Waals surface area contributed by atoms with E-state index in [1.54, 1.807) is 31.4 Å². The maximum atomic E-state index is 13.4. The summed E-state index contributed by atoms with van der Waals surface area (Å²) in [6, 6.07) is 11.1. The Balaban J connectivity index is 1.92. The molecule has 0 aromatic heterocycles. The number of benzene rings is 2. The number of anilines is 1. The van der Waals surface area contributed by atoms with Gasteiger partial charge in [-0.05, 0) is 35.9 Å². The normalized spacial score (nSPS) is 10.2. The van der Waals surface area contributed by atoms with Crippen LogP contribution in [0.3, 0.4) is 0 Å². The minimum absolute atomic E-state index is 0.167. The minimum Gasteiger partial charge on any atom is -0.493 e. The van der Waals surface area contributed by atoms with E-state index in [9.17, 15) is 14.0 Å². The molecule has 0 aliphatic heterocycles. The maximum absolute atomic E-state index is 13.4. The van der Waals surface area contributed by atoms with Gasteiger partial charge in [0.15, 0.2) is 11.5 Å². The number of carbonyl (C=O) groups excluding carboxylic acids is 2. The summed E-state index contributed by atoms with van der Waals surface area (Å²) in [5.41, 5.74) is 1.23. The first kappa shape index (κ1) is 20.2. The van der Waals surface area contributed by atoms with Gasteiger partial charge in [-0.15, -0.1) is 0 Å². The highest BCUT2D eigenvalue weighted by Crippen LogP contribution is 2.27. The summed E-state index contributed by atoms with van der Waals surface area (Å²) in [7, 11) is 3.08. The molecule has 7 heteroatoms. The minimum atomic E-state index is -0.420. The molecule has 0 saturated heterocycles. The van der Waals surface area contributed by atoms with Crippen LogP contribution in [-0.4, -0.2) is 39.1 Å². The average Bonchev–Trinajstić information content (AvgIpc) is 2.64. The van der Waals surface area contributed by atoms with Crippen LogP contribution in [0.1, 0.15) is 12.5 Å². The van der Waals surface area contributed by atoms with E-state index >= 15 is 0 Å². The maximum Gasteiger partial charge on any atom is 0.224 e. The molecule has 0 atom stereocenters. The van der Waals surface area contributed by atoms with Crippen LogP contribution >= 0.6 is 0 Å². The number of hydrogen-bond donors (Lipinski definition) is 1. The number of amides is 2. The molecule has 27 heavy (non-hydrogen) atoms. The van der Waals surface area contributed by atoms with Gasteiger partial charge in [0.25, 0.3) is 0 Å². The predicted molar refractivity (Wildman–Crippen MR) is 101 cm³/mol. The van der Waals surface area contributed by atoms with E-state index in [1.165, 1.54) is 37.1 Å². The van der Waals surface area contributed by atoms with Crippen molar-refractivity contribution in [1.29, 1.82) is 0 Å². The number of halogens is 1. The third kappa shape index (κ3) is 5.70. The number of ether oxygens (including phenoxy) is 2. The van der Waals surface area contributed by atoms with Crippen molar-refractivity contribution in [3.63, 3.8) is 0 Å². The summed E-state index contributed by atoms with van der Waals surface area (Å²) in [4.78, 5) is 25.4. The van der Waals surface area contributed by atoms with Crippen molar-refractivity contribution in [2.45, 2.75) is 13.3 Å². The van der Waals surface area contributed by atoms with Gasteiger partial charge in [-0.3, -0.25) is 9.59 Å². The summed E-state index contributed by atoms with van der Waals surface area (Å²) in [6.07, 6.45) is 0.167. The summed E-state index contributed by atoms with van der Waals surface area (Å²) in [5, 5.41) is 2.77. The van der Waals surface area contributed by atoms with Crippen LogP contribution in [0.4, 0.5) is 10.1 Å². The van der Waals surface area contributed by atoms with Gasteiger partial charge in [-0.2, -0.15) is 0 Å². The quantitative estimate of drug-likeness (QED) is 0.771. The molecule has 2 rings (SSSR count). The van der Waals surface area contributed by atoms with E-state index in [0.717, 1.165) is 5.56 Å². The summed E-state index contributed by atoms with van der Waals surface area (Å²) >= 11 is 0. The SMILES string of the molecule is COc1ccc(CC(=O)NCCN(C(C)=O)c2cccc(F)c2)cc1OC. The second-order valence-corrected chi connectivity index (χ2v) is 5.87. The molecule has 1 N–H and O–H groups in total. The zero-order valence-electron chi connectivity index (χ0n) is 15.6. The second-order valence-electron chi connectivity index (χ2n) is 5.87. The van der Waals surface area contributed by atoms with Crippen LogP contribution in [0.5, 0.6) is 11.5 Å². The Morgan fingerprint density at radius 1 is 1.07 bits per heavy atom. The molecule has 0 unspecified atom stereocenters. The van der Waals surface area contributed by atoms with Gasteiger partial charge >= 0.3 is 0 Å². The average molecular weight is 374 g/mol. The lowest BCUT2D eigenvalue weighted by atomic mass is 10.1. The molecule has 0 aliphatic rings. The highest BCUT2D eigenvalue weighted by atomic mass is 19.1. The highest BCUT2D eigenvalue weighted by molar-refractivity contribution is 5.91. The van der Waals surface area contributed by atoms with E-state index in [2.05, 4.69) is 5.32 Å². The van der Waals surface area contributed by atoms with Crippen molar-refractivity contribution in [2.75, 3.05) is 32.2 Å². The first-order valence-electron chi connectivity index (χ1n) is 8.46. The molecule has 2 amide bonds. The summed E-state index contributed by atoms with van der Waals surface area (Å²) < 4.78 is 23.8. The molecule has 0 heterocycles. The topological polar surface area (TPSA) is 67.9 Å². The van der Waals surface area contributed by atoms with Crippen LogP contribution in [-0.2, 0) is 16.0 Å². The Kier molecular flexibility index (Phi) is 7.16. The Bertz CT molecular complexity index is 810. The number of rotatable bonds is 8. The van der Waals surface area contributed by atoms with Crippen molar-refractivity contribution in [3.05, 3.63) is 53.8 Å². The van der Waals surface area contributed by atoms with Crippen LogP contribution in [0.25, 0.3) is 0 Å². The Hall–Kier alpha value is -3.09. The van der Waals surface area contributed by atoms with Crippen molar-refractivity contribution in [1.82, 2.24) is 5.32 Å². The van der Waals surface area contributed by atoms with Gasteiger partial charge < -0.3 is 19.7 Å². The molecule has 6 nitrogen and oxygen atoms in total. The molecule has 2 aromatic rings. The fourth-order valence-electron chi connectivity index (χ4n) is 2.66. The van der Waals surface area contributed by atoms with Crippen molar-refractivity contribution < 1.29 is 23.5 Å². The lowest BCUT2D eigenvalue weighted by molar-refractivity contribution is -0.121. The lowest BCUT2D eigenvalue weighted by Gasteiger charge is -2.21. The van der Waals surface area contributed by atoms with E-state index in [1.807, 2.05) is 0 Å². The molecule has 0 bridgehead atoms. The molecular formula is C20H23FN2O4. The fraction of sp³-hybridized carbons (Fsp3) is 0.300. The van der Waals surface area contributed by atoms with Gasteiger partial charge in [0.1, 0.15) is 5.82 Å². The van der Waals surface area contributed by atoms with Gasteiger partial charge in [-0.1, -0.05) is 12.1 Å². The number of hydrogen-bond acceptors (Lipinski definition) is 4. The lowest BCUT2D eigenvalue weighted by Crippen LogP contribution is -2.38. The number of methoxy groups -OCH3 is 2. The molecule has 2 aromatic carbocycles. The van der Waals surface area contributed by atoms with Crippen LogP contribution < -0.4 is 19.7 Å². The standard InChI is InChI=1S/C20H23FN2O4/c1-14(24)23(17-6-4-5-16(21)13-17)10-9-22-20(25)12-15-7-8-18(26-2)19(11-15)27-3/h4-8,11,13H,9-10,12H2,1-3H3,(H,22,25). The second kappa shape index (κ2) is 9.56. The van der Waals surface area contributed by atoms with E-state index < -0.39 is 5.82 Å². The smallest absolute Gasteiger partial charge is 0.224 e. The summed E-state index contributed by atoms with van der Waals surface area (Å²) in [6.45, 7) is 1.90. The number of nitrogens with one attached hydrogen (secondary N) is 1. The number of carbonyl (C=O) groups is 2. The molecule has 0 radical (unpaired) electrons. The zero-order valence-corrected chi connectivity index (χ0v) is 15.6. The van der Waals surface area contributed by atoms with E-state index in [4.69, 9.17) is 9.47 Å². The van der Waals surface area contributed by atoms with E-state index in [0.29, 0.717) is 17.2 Å². The molecule has 0 spiro atoms. The van der Waals surface area contributed by atoms with E-state index in [-0.39, 0.29) is 31.3 Å². The summed E-state index contributed by atoms with van der Waals surface area (Å²) in [5.74, 6) is 0.307. The highest BCUT2D eigenvalue weighted by Gasteiger charge is 2.13. The third-order valence-corrected chi connectivity index (χ3v) is 3.97. The van der Waals surface area contributed by atoms with Crippen molar-refractivity contribution in [2.24, 2.45) is 0 Å². The van der Waals surface area contributed by atoms with Crippen LogP contribution in [0.2, 0.25) is 0 Å². The fourth-order valence-corrected chi connectivity index (χ4v) is 2.66. The van der Waals surface area contributed by atoms with Gasteiger partial charge in [0.05, 0.1) is 20.6 Å². The first-order chi connectivity index (χ1) is 12.9. The Morgan fingerprint density at radius 3 is 2.44 bits per heavy atom. The zero-order chi connectivity index (χ0) is 19.8. The van der Waals surface area contributed by atoms with Gasteiger partial charge in [-0.25, -0.2) is 4.39 Å². The first-order valence-corrected chi connectivity index (χ1v) is 8.46. The van der Waals surface area contributed by atoms with Crippen molar-refractivity contribution in [3.8, 4) is 11.5 Å². The predicted octanol–water partition coefficient (Wildman–Crippen LogP) is 2.55. The monoisotopic (exact) mass is 374 g/mol. The molecule has 0 aliphatic carbocycles. The largest absolute Gasteiger partial charge is 0.493 e. The molecular weight excluding hydrogens is 351 g/mol. The van der Waals surface area contributed by atoms with Gasteiger partial charge in [0.2, 0.25) is 11.8 Å². The van der Waals surface area contributed by atoms with Gasteiger partial charge in [0, 0.05) is 25.7 Å². The number of nitrogens with zero attached hydrogens (tertiary/aromatic N) is 1. The van der Waals surface area contributed by atoms with Crippen LogP contribution in [0.15, 0.2) is 42.5 Å². The van der Waals surface area contributed by atoms with Crippen LogP contribution in [0, 0.1) is 5.82 Å². The Morgan fingerprint density at radius 2 is 1.81 bits per heavy atom. The van der Waals surface area contributed by atoms with Crippen molar-refractivity contribution >= 4 is 17.5 Å².